The standard InChI is InChI=1S/C13H20N2O3/c1-9(2)15(6-7-16)12-8-10(13(17)18-3)4-5-11(12)14/h4-5,8-9,16H,6-7,14H2,1-3H3. The molecule has 1 aromatic carbocycles. The quantitative estimate of drug-likeness (QED) is 0.609. The Hall–Kier alpha value is -1.75. The predicted molar refractivity (Wildman–Crippen MR) is 71.8 cm³/mol. The smallest absolute Gasteiger partial charge is 0.337 e. The van der Waals surface area contributed by atoms with Gasteiger partial charge in [-0.1, -0.05) is 0 Å². The van der Waals surface area contributed by atoms with Gasteiger partial charge in [-0.05, 0) is 32.0 Å². The first-order chi connectivity index (χ1) is 8.51. The highest BCUT2D eigenvalue weighted by atomic mass is 16.5. The third-order valence-corrected chi connectivity index (χ3v) is 2.73. The number of nitrogens with zero attached hydrogens (tertiary/aromatic N) is 1. The predicted octanol–water partition coefficient (Wildman–Crippen LogP) is 1.26. The monoisotopic (exact) mass is 252 g/mol. The molecule has 0 aliphatic carbocycles. The Labute approximate surface area is 107 Å². The number of aliphatic hydroxyl groups is 1. The molecule has 0 bridgehead atoms. The maximum atomic E-state index is 11.5. The lowest BCUT2D eigenvalue weighted by atomic mass is 10.1. The van der Waals surface area contributed by atoms with Crippen LogP contribution < -0.4 is 10.6 Å². The first-order valence-corrected chi connectivity index (χ1v) is 5.86. The van der Waals surface area contributed by atoms with E-state index in [2.05, 4.69) is 4.74 Å². The van der Waals surface area contributed by atoms with Crippen molar-refractivity contribution < 1.29 is 14.6 Å². The third-order valence-electron chi connectivity index (χ3n) is 2.73. The van der Waals surface area contributed by atoms with E-state index in [1.165, 1.54) is 7.11 Å². The second-order valence-electron chi connectivity index (χ2n) is 4.28. The van der Waals surface area contributed by atoms with Crippen molar-refractivity contribution in [2.24, 2.45) is 0 Å². The van der Waals surface area contributed by atoms with Crippen molar-refractivity contribution in [3.05, 3.63) is 23.8 Å². The van der Waals surface area contributed by atoms with Crippen LogP contribution in [-0.2, 0) is 4.74 Å². The van der Waals surface area contributed by atoms with E-state index in [-0.39, 0.29) is 12.6 Å². The Morgan fingerprint density at radius 2 is 2.17 bits per heavy atom. The number of esters is 1. The fourth-order valence-electron chi connectivity index (χ4n) is 1.80. The molecule has 1 aromatic rings. The average molecular weight is 252 g/mol. The van der Waals surface area contributed by atoms with Crippen LogP contribution in [0.4, 0.5) is 11.4 Å². The zero-order valence-electron chi connectivity index (χ0n) is 11.0. The number of nitrogen functional groups attached to an aromatic ring is 1. The van der Waals surface area contributed by atoms with E-state index in [1.807, 2.05) is 18.7 Å². The van der Waals surface area contributed by atoms with E-state index in [9.17, 15) is 4.79 Å². The van der Waals surface area contributed by atoms with Gasteiger partial charge in [0.1, 0.15) is 0 Å². The summed E-state index contributed by atoms with van der Waals surface area (Å²) in [4.78, 5) is 13.4. The van der Waals surface area contributed by atoms with Crippen molar-refractivity contribution in [3.8, 4) is 0 Å². The van der Waals surface area contributed by atoms with Crippen LogP contribution >= 0.6 is 0 Å². The minimum absolute atomic E-state index is 0.0278. The molecule has 0 saturated heterocycles. The number of carbonyl (C=O) groups excluding carboxylic acids is 1. The fourth-order valence-corrected chi connectivity index (χ4v) is 1.80. The topological polar surface area (TPSA) is 75.8 Å². The molecule has 18 heavy (non-hydrogen) atoms. The number of methoxy groups -OCH3 is 1. The first-order valence-electron chi connectivity index (χ1n) is 5.86. The fraction of sp³-hybridized carbons (Fsp3) is 0.462. The molecule has 0 aliphatic heterocycles. The molecule has 3 N–H and O–H groups in total. The second-order valence-corrected chi connectivity index (χ2v) is 4.28. The maximum Gasteiger partial charge on any atom is 0.337 e. The van der Waals surface area contributed by atoms with Crippen LogP contribution in [0.15, 0.2) is 18.2 Å². The van der Waals surface area contributed by atoms with E-state index < -0.39 is 5.97 Å². The van der Waals surface area contributed by atoms with Crippen LogP contribution in [0.2, 0.25) is 0 Å². The molecule has 0 heterocycles. The summed E-state index contributed by atoms with van der Waals surface area (Å²) in [5, 5.41) is 9.09. The van der Waals surface area contributed by atoms with Crippen molar-refractivity contribution in [1.29, 1.82) is 0 Å². The Balaban J connectivity index is 3.16. The summed E-state index contributed by atoms with van der Waals surface area (Å²) >= 11 is 0. The minimum Gasteiger partial charge on any atom is -0.465 e. The highest BCUT2D eigenvalue weighted by molar-refractivity contribution is 5.92. The van der Waals surface area contributed by atoms with E-state index in [0.717, 1.165) is 5.69 Å². The van der Waals surface area contributed by atoms with Gasteiger partial charge in [0.25, 0.3) is 0 Å². The highest BCUT2D eigenvalue weighted by Crippen LogP contribution is 2.26. The van der Waals surface area contributed by atoms with Gasteiger partial charge in [-0.3, -0.25) is 0 Å². The Morgan fingerprint density at radius 3 is 2.67 bits per heavy atom. The normalized spacial score (nSPS) is 10.5. The van der Waals surface area contributed by atoms with Crippen molar-refractivity contribution >= 4 is 17.3 Å². The maximum absolute atomic E-state index is 11.5. The molecule has 5 heteroatoms. The molecule has 5 nitrogen and oxygen atoms in total. The summed E-state index contributed by atoms with van der Waals surface area (Å²) in [7, 11) is 1.34. The van der Waals surface area contributed by atoms with Crippen molar-refractivity contribution in [3.63, 3.8) is 0 Å². The zero-order chi connectivity index (χ0) is 13.7. The van der Waals surface area contributed by atoms with Gasteiger partial charge in [0, 0.05) is 12.6 Å². The molecule has 1 rings (SSSR count). The Kier molecular flexibility index (Phi) is 4.97. The Bertz CT molecular complexity index is 419. The number of aliphatic hydroxyl groups excluding tert-OH is 1. The number of carbonyl (C=O) groups is 1. The van der Waals surface area contributed by atoms with Crippen LogP contribution in [-0.4, -0.2) is 37.4 Å². The summed E-state index contributed by atoms with van der Waals surface area (Å²) < 4.78 is 4.68. The van der Waals surface area contributed by atoms with E-state index >= 15 is 0 Å². The van der Waals surface area contributed by atoms with Gasteiger partial charge in [0.05, 0.1) is 30.7 Å². The van der Waals surface area contributed by atoms with Crippen LogP contribution in [0.25, 0.3) is 0 Å². The third kappa shape index (κ3) is 3.13. The largest absolute Gasteiger partial charge is 0.465 e. The van der Waals surface area contributed by atoms with E-state index in [0.29, 0.717) is 17.8 Å². The van der Waals surface area contributed by atoms with Gasteiger partial charge in [-0.15, -0.1) is 0 Å². The number of benzene rings is 1. The lowest BCUT2D eigenvalue weighted by Crippen LogP contribution is -2.34. The summed E-state index contributed by atoms with van der Waals surface area (Å²) in [6.07, 6.45) is 0. The lowest BCUT2D eigenvalue weighted by molar-refractivity contribution is 0.0601. The number of hydrogen-bond acceptors (Lipinski definition) is 5. The zero-order valence-corrected chi connectivity index (χ0v) is 11.0. The molecule has 0 aromatic heterocycles. The molecule has 0 atom stereocenters. The SMILES string of the molecule is COC(=O)c1ccc(N)c(N(CCO)C(C)C)c1. The van der Waals surface area contributed by atoms with Crippen LogP contribution in [0, 0.1) is 0 Å². The number of rotatable bonds is 5. The molecular weight excluding hydrogens is 232 g/mol. The van der Waals surface area contributed by atoms with Gasteiger partial charge in [-0.25, -0.2) is 4.79 Å². The number of anilines is 2. The summed E-state index contributed by atoms with van der Waals surface area (Å²) in [5.74, 6) is -0.399. The first kappa shape index (κ1) is 14.3. The van der Waals surface area contributed by atoms with Crippen LogP contribution in [0.5, 0.6) is 0 Å². The molecule has 100 valence electrons. The second kappa shape index (κ2) is 6.26. The molecule has 0 radical (unpaired) electrons. The molecule has 0 aliphatic rings. The molecule has 0 fully saturated rings. The van der Waals surface area contributed by atoms with Crippen LogP contribution in [0.3, 0.4) is 0 Å². The summed E-state index contributed by atoms with van der Waals surface area (Å²) in [6, 6.07) is 5.17. The van der Waals surface area contributed by atoms with Crippen molar-refractivity contribution in [1.82, 2.24) is 0 Å². The van der Waals surface area contributed by atoms with Gasteiger partial charge < -0.3 is 20.5 Å². The number of ether oxygens (including phenoxy) is 1. The van der Waals surface area contributed by atoms with Crippen molar-refractivity contribution in [2.45, 2.75) is 19.9 Å². The summed E-state index contributed by atoms with van der Waals surface area (Å²) in [6.45, 7) is 4.49. The molecular formula is C13H20N2O3. The van der Waals surface area contributed by atoms with Gasteiger partial charge in [0.15, 0.2) is 0 Å². The minimum atomic E-state index is -0.399. The van der Waals surface area contributed by atoms with Gasteiger partial charge in [0.2, 0.25) is 0 Å². The average Bonchev–Trinajstić information content (AvgIpc) is 2.35. The summed E-state index contributed by atoms with van der Waals surface area (Å²) in [5.41, 5.74) is 7.69. The molecule has 0 unspecified atom stereocenters. The van der Waals surface area contributed by atoms with Crippen LogP contribution in [0.1, 0.15) is 24.2 Å². The van der Waals surface area contributed by atoms with Gasteiger partial charge >= 0.3 is 5.97 Å². The van der Waals surface area contributed by atoms with E-state index in [4.69, 9.17) is 10.8 Å². The number of nitrogens with two attached hydrogens (primary N) is 1. The highest BCUT2D eigenvalue weighted by Gasteiger charge is 2.15. The molecule has 0 amide bonds. The van der Waals surface area contributed by atoms with E-state index in [1.54, 1.807) is 18.2 Å². The number of hydrogen-bond donors (Lipinski definition) is 2. The Morgan fingerprint density at radius 1 is 1.50 bits per heavy atom. The van der Waals surface area contributed by atoms with Crippen molar-refractivity contribution in [2.75, 3.05) is 30.9 Å². The van der Waals surface area contributed by atoms with Gasteiger partial charge in [-0.2, -0.15) is 0 Å². The molecule has 0 saturated carbocycles. The lowest BCUT2D eigenvalue weighted by Gasteiger charge is -2.29. The molecule has 0 spiro atoms.